The Bertz CT molecular complexity index is 887. The van der Waals surface area contributed by atoms with Gasteiger partial charge in [-0.05, 0) is 41.8 Å². The van der Waals surface area contributed by atoms with Crippen LogP contribution in [-0.2, 0) is 11.2 Å². The molecule has 6 heteroatoms. The second-order valence-corrected chi connectivity index (χ2v) is 8.35. The molecule has 4 nitrogen and oxygen atoms in total. The van der Waals surface area contributed by atoms with Crippen molar-refractivity contribution in [2.75, 3.05) is 20.8 Å². The molecule has 1 heterocycles. The molecule has 0 aromatic heterocycles. The zero-order valence-corrected chi connectivity index (χ0v) is 17.6. The molecule has 2 aromatic carbocycles. The van der Waals surface area contributed by atoms with E-state index in [0.717, 1.165) is 11.1 Å². The van der Waals surface area contributed by atoms with E-state index in [1.807, 2.05) is 32.9 Å². The summed E-state index contributed by atoms with van der Waals surface area (Å²) in [5.74, 6) is 0.642. The molecule has 1 aliphatic rings. The Balaban J connectivity index is 2.26. The van der Waals surface area contributed by atoms with E-state index in [2.05, 4.69) is 0 Å². The van der Waals surface area contributed by atoms with Crippen molar-refractivity contribution in [3.05, 3.63) is 57.9 Å². The first-order valence-electron chi connectivity index (χ1n) is 9.18. The van der Waals surface area contributed by atoms with Crippen LogP contribution in [-0.4, -0.2) is 31.6 Å². The molecule has 28 heavy (non-hydrogen) atoms. The number of benzene rings is 2. The minimum Gasteiger partial charge on any atom is -0.493 e. The molecule has 0 N–H and O–H groups in total. The average molecular weight is 406 g/mol. The lowest BCUT2D eigenvalue weighted by molar-refractivity contribution is -0.141. The summed E-state index contributed by atoms with van der Waals surface area (Å²) >= 11 is 6.41. The Hall–Kier alpha value is -2.27. The van der Waals surface area contributed by atoms with E-state index in [1.165, 1.54) is 6.07 Å². The Morgan fingerprint density at radius 3 is 2.39 bits per heavy atom. The number of rotatable bonds is 3. The van der Waals surface area contributed by atoms with Crippen LogP contribution in [0, 0.1) is 11.2 Å². The van der Waals surface area contributed by atoms with Gasteiger partial charge in [-0.1, -0.05) is 38.4 Å². The third-order valence-corrected chi connectivity index (χ3v) is 5.38. The predicted molar refractivity (Wildman–Crippen MR) is 108 cm³/mol. The van der Waals surface area contributed by atoms with Gasteiger partial charge in [0.2, 0.25) is 5.91 Å². The average Bonchev–Trinajstić information content (AvgIpc) is 2.65. The zero-order chi connectivity index (χ0) is 20.6. The van der Waals surface area contributed by atoms with Crippen molar-refractivity contribution in [2.45, 2.75) is 33.2 Å². The van der Waals surface area contributed by atoms with Gasteiger partial charge < -0.3 is 14.4 Å². The number of fused-ring (bicyclic) bond motifs is 1. The first-order valence-corrected chi connectivity index (χ1v) is 9.56. The van der Waals surface area contributed by atoms with Crippen LogP contribution >= 0.6 is 11.6 Å². The molecular formula is C22H25ClFNO3. The van der Waals surface area contributed by atoms with Gasteiger partial charge in [0.15, 0.2) is 11.5 Å². The number of amides is 1. The highest BCUT2D eigenvalue weighted by Gasteiger charge is 2.39. The maximum atomic E-state index is 14.9. The number of halogens is 2. The normalized spacial score (nSPS) is 16.5. The van der Waals surface area contributed by atoms with Gasteiger partial charge in [0, 0.05) is 22.5 Å². The second kappa shape index (κ2) is 7.63. The fourth-order valence-corrected chi connectivity index (χ4v) is 3.94. The number of carbonyl (C=O) groups is 1. The van der Waals surface area contributed by atoms with E-state index < -0.39 is 17.3 Å². The standard InChI is InChI=1S/C22H25ClFNO3/c1-22(2,3)21(26)25-10-9-13-11-17(27-4)18(28-5)12-14(13)20(25)19-15(23)7-6-8-16(19)24/h6-8,11-12,20H,9-10H2,1-5H3/t20-/m1/s1. The van der Waals surface area contributed by atoms with Crippen LogP contribution in [0.1, 0.15) is 43.5 Å². The van der Waals surface area contributed by atoms with E-state index in [4.69, 9.17) is 21.1 Å². The molecule has 150 valence electrons. The number of nitrogens with zero attached hydrogens (tertiary/aromatic N) is 1. The monoisotopic (exact) mass is 405 g/mol. The topological polar surface area (TPSA) is 38.8 Å². The van der Waals surface area contributed by atoms with Gasteiger partial charge in [0.1, 0.15) is 5.82 Å². The minimum atomic E-state index is -0.635. The summed E-state index contributed by atoms with van der Waals surface area (Å²) < 4.78 is 25.8. The lowest BCUT2D eigenvalue weighted by atomic mass is 9.84. The van der Waals surface area contributed by atoms with Gasteiger partial charge in [-0.2, -0.15) is 0 Å². The van der Waals surface area contributed by atoms with Gasteiger partial charge >= 0.3 is 0 Å². The Morgan fingerprint density at radius 1 is 1.18 bits per heavy atom. The molecule has 1 atom stereocenters. The van der Waals surface area contributed by atoms with E-state index in [-0.39, 0.29) is 5.91 Å². The van der Waals surface area contributed by atoms with Gasteiger partial charge in [0.25, 0.3) is 0 Å². The molecule has 0 aliphatic carbocycles. The molecule has 0 radical (unpaired) electrons. The highest BCUT2D eigenvalue weighted by molar-refractivity contribution is 6.31. The fraction of sp³-hybridized carbons (Fsp3) is 0.409. The summed E-state index contributed by atoms with van der Waals surface area (Å²) in [7, 11) is 3.13. The number of carbonyl (C=O) groups excluding carboxylic acids is 1. The summed E-state index contributed by atoms with van der Waals surface area (Å²) in [5.41, 5.74) is 1.48. The summed E-state index contributed by atoms with van der Waals surface area (Å²) in [6.45, 7) is 6.05. The molecule has 2 aromatic rings. The minimum absolute atomic E-state index is 0.0581. The van der Waals surface area contributed by atoms with E-state index >= 15 is 0 Å². The van der Waals surface area contributed by atoms with E-state index in [1.54, 1.807) is 31.3 Å². The maximum Gasteiger partial charge on any atom is 0.228 e. The van der Waals surface area contributed by atoms with Crippen LogP contribution in [0.25, 0.3) is 0 Å². The molecular weight excluding hydrogens is 381 g/mol. The number of methoxy groups -OCH3 is 2. The number of ether oxygens (including phenoxy) is 2. The smallest absolute Gasteiger partial charge is 0.228 e. The van der Waals surface area contributed by atoms with Crippen LogP contribution in [0.15, 0.2) is 30.3 Å². The molecule has 0 spiro atoms. The van der Waals surface area contributed by atoms with Crippen LogP contribution in [0.2, 0.25) is 5.02 Å². The molecule has 0 unspecified atom stereocenters. The third kappa shape index (κ3) is 3.55. The quantitative estimate of drug-likeness (QED) is 0.720. The molecule has 0 bridgehead atoms. The Labute approximate surface area is 170 Å². The SMILES string of the molecule is COc1cc2c(cc1OC)[C@H](c1c(F)cccc1Cl)N(C(=O)C(C)(C)C)CC2. The van der Waals surface area contributed by atoms with Crippen molar-refractivity contribution in [1.82, 2.24) is 4.90 Å². The molecule has 3 rings (SSSR count). The maximum absolute atomic E-state index is 14.9. The summed E-state index contributed by atoms with van der Waals surface area (Å²) in [6, 6.07) is 7.67. The lowest BCUT2D eigenvalue weighted by Crippen LogP contribution is -2.46. The summed E-state index contributed by atoms with van der Waals surface area (Å²) in [6.07, 6.45) is 0.639. The first kappa shape index (κ1) is 20.5. The van der Waals surface area contributed by atoms with Crippen molar-refractivity contribution in [1.29, 1.82) is 0 Å². The molecule has 0 fully saturated rings. The van der Waals surface area contributed by atoms with Crippen molar-refractivity contribution in [3.63, 3.8) is 0 Å². The number of hydrogen-bond acceptors (Lipinski definition) is 3. The second-order valence-electron chi connectivity index (χ2n) is 7.94. The first-order chi connectivity index (χ1) is 13.2. The summed E-state index contributed by atoms with van der Waals surface area (Å²) in [5, 5.41) is 0.291. The van der Waals surface area contributed by atoms with Crippen molar-refractivity contribution in [2.24, 2.45) is 5.41 Å². The highest BCUT2D eigenvalue weighted by Crippen LogP contribution is 2.44. The largest absolute Gasteiger partial charge is 0.493 e. The zero-order valence-electron chi connectivity index (χ0n) is 16.8. The molecule has 0 saturated carbocycles. The van der Waals surface area contributed by atoms with Gasteiger partial charge in [0.05, 0.1) is 20.3 Å². The summed E-state index contributed by atoms with van der Waals surface area (Å²) in [4.78, 5) is 14.9. The molecule has 0 saturated heterocycles. The van der Waals surface area contributed by atoms with E-state index in [9.17, 15) is 9.18 Å². The van der Waals surface area contributed by atoms with Gasteiger partial charge in [-0.25, -0.2) is 4.39 Å². The third-order valence-electron chi connectivity index (χ3n) is 5.05. The van der Waals surface area contributed by atoms with Crippen LogP contribution in [0.5, 0.6) is 11.5 Å². The Morgan fingerprint density at radius 2 is 1.82 bits per heavy atom. The fourth-order valence-electron chi connectivity index (χ4n) is 3.68. The van der Waals surface area contributed by atoms with Crippen molar-refractivity contribution < 1.29 is 18.7 Å². The highest BCUT2D eigenvalue weighted by atomic mass is 35.5. The molecule has 1 aliphatic heterocycles. The lowest BCUT2D eigenvalue weighted by Gasteiger charge is -2.41. The van der Waals surface area contributed by atoms with Gasteiger partial charge in [-0.15, -0.1) is 0 Å². The van der Waals surface area contributed by atoms with Gasteiger partial charge in [-0.3, -0.25) is 4.79 Å². The van der Waals surface area contributed by atoms with Crippen LogP contribution < -0.4 is 9.47 Å². The van der Waals surface area contributed by atoms with E-state index in [0.29, 0.717) is 35.1 Å². The Kier molecular flexibility index (Phi) is 5.57. The number of hydrogen-bond donors (Lipinski definition) is 0. The van der Waals surface area contributed by atoms with Crippen LogP contribution in [0.4, 0.5) is 4.39 Å². The van der Waals surface area contributed by atoms with Crippen molar-refractivity contribution in [3.8, 4) is 11.5 Å². The molecule has 1 amide bonds. The predicted octanol–water partition coefficient (Wildman–Crippen LogP) is 5.02. The van der Waals surface area contributed by atoms with Crippen LogP contribution in [0.3, 0.4) is 0 Å². The van der Waals surface area contributed by atoms with Crippen molar-refractivity contribution >= 4 is 17.5 Å².